The number of rotatable bonds is 4. The fraction of sp³-hybridized carbons (Fsp3) is 1.00. The minimum atomic E-state index is -0.150. The van der Waals surface area contributed by atoms with Crippen LogP contribution in [0.15, 0.2) is 0 Å². The Morgan fingerprint density at radius 1 is 1.50 bits per heavy atom. The van der Waals surface area contributed by atoms with Gasteiger partial charge in [-0.05, 0) is 32.7 Å². The van der Waals surface area contributed by atoms with Crippen molar-refractivity contribution in [2.75, 3.05) is 26.2 Å². The van der Waals surface area contributed by atoms with E-state index in [1.165, 1.54) is 0 Å². The Labute approximate surface area is 87.1 Å². The van der Waals surface area contributed by atoms with Gasteiger partial charge in [-0.2, -0.15) is 0 Å². The molecular formula is C11H23NO2. The minimum absolute atomic E-state index is 0.150. The summed E-state index contributed by atoms with van der Waals surface area (Å²) >= 11 is 0. The van der Waals surface area contributed by atoms with Crippen LogP contribution in [0.5, 0.6) is 0 Å². The fourth-order valence-electron chi connectivity index (χ4n) is 1.73. The second-order valence-electron chi connectivity index (χ2n) is 4.55. The molecule has 2 unspecified atom stereocenters. The van der Waals surface area contributed by atoms with E-state index in [1.807, 2.05) is 13.8 Å². The van der Waals surface area contributed by atoms with Crippen molar-refractivity contribution < 1.29 is 9.84 Å². The van der Waals surface area contributed by atoms with Crippen LogP contribution >= 0.6 is 0 Å². The summed E-state index contributed by atoms with van der Waals surface area (Å²) in [6.07, 6.45) is 1.26. The van der Waals surface area contributed by atoms with Crippen molar-refractivity contribution in [2.45, 2.75) is 39.4 Å². The van der Waals surface area contributed by atoms with Crippen molar-refractivity contribution in [3.63, 3.8) is 0 Å². The molecule has 0 aromatic heterocycles. The third-order valence-electron chi connectivity index (χ3n) is 2.86. The number of aliphatic hydroxyl groups is 1. The second-order valence-corrected chi connectivity index (χ2v) is 4.55. The lowest BCUT2D eigenvalue weighted by Gasteiger charge is -2.34. The third kappa shape index (κ3) is 3.95. The highest BCUT2D eigenvalue weighted by atomic mass is 16.5. The highest BCUT2D eigenvalue weighted by molar-refractivity contribution is 4.76. The van der Waals surface area contributed by atoms with Crippen molar-refractivity contribution in [2.24, 2.45) is 5.92 Å². The normalized spacial score (nSPS) is 29.8. The number of ether oxygens (including phenoxy) is 1. The van der Waals surface area contributed by atoms with Crippen LogP contribution in [0.2, 0.25) is 0 Å². The van der Waals surface area contributed by atoms with Crippen LogP contribution in [0.3, 0.4) is 0 Å². The summed E-state index contributed by atoms with van der Waals surface area (Å²) < 4.78 is 5.48. The maximum absolute atomic E-state index is 9.67. The smallest absolute Gasteiger partial charge is 0.0693 e. The van der Waals surface area contributed by atoms with Crippen molar-refractivity contribution in [1.29, 1.82) is 0 Å². The van der Waals surface area contributed by atoms with Gasteiger partial charge in [0.25, 0.3) is 0 Å². The van der Waals surface area contributed by atoms with Crippen molar-refractivity contribution in [3.8, 4) is 0 Å². The summed E-state index contributed by atoms with van der Waals surface area (Å²) in [4.78, 5) is 2.28. The van der Waals surface area contributed by atoms with Crippen LogP contribution < -0.4 is 0 Å². The van der Waals surface area contributed by atoms with Gasteiger partial charge in [0.1, 0.15) is 0 Å². The summed E-state index contributed by atoms with van der Waals surface area (Å²) in [6.45, 7) is 9.84. The first-order valence-corrected chi connectivity index (χ1v) is 5.61. The molecule has 1 heterocycles. The molecule has 1 saturated heterocycles. The molecule has 1 rings (SSSR count). The molecule has 2 atom stereocenters. The van der Waals surface area contributed by atoms with E-state index >= 15 is 0 Å². The number of nitrogens with zero attached hydrogens (tertiary/aromatic N) is 1. The lowest BCUT2D eigenvalue weighted by Crippen LogP contribution is -2.44. The van der Waals surface area contributed by atoms with Gasteiger partial charge < -0.3 is 9.84 Å². The van der Waals surface area contributed by atoms with Gasteiger partial charge in [0, 0.05) is 13.1 Å². The second kappa shape index (κ2) is 5.69. The average Bonchev–Trinajstić information content (AvgIpc) is 2.10. The molecule has 0 spiro atoms. The van der Waals surface area contributed by atoms with Crippen molar-refractivity contribution >= 4 is 0 Å². The van der Waals surface area contributed by atoms with E-state index in [1.54, 1.807) is 0 Å². The van der Waals surface area contributed by atoms with Gasteiger partial charge in [-0.3, -0.25) is 4.90 Å². The first kappa shape index (κ1) is 12.0. The number of hydrogen-bond acceptors (Lipinski definition) is 3. The monoisotopic (exact) mass is 201 g/mol. The van der Waals surface area contributed by atoms with Crippen molar-refractivity contribution in [3.05, 3.63) is 0 Å². The lowest BCUT2D eigenvalue weighted by molar-refractivity contribution is 0.00515. The van der Waals surface area contributed by atoms with Crippen LogP contribution in [-0.4, -0.2) is 48.5 Å². The maximum atomic E-state index is 9.67. The molecule has 14 heavy (non-hydrogen) atoms. The molecular weight excluding hydrogens is 178 g/mol. The molecule has 3 nitrogen and oxygen atoms in total. The predicted octanol–water partition coefficient (Wildman–Crippen LogP) is 1.11. The Balaban J connectivity index is 2.13. The predicted molar refractivity (Wildman–Crippen MR) is 57.3 cm³/mol. The molecule has 3 heteroatoms. The third-order valence-corrected chi connectivity index (χ3v) is 2.86. The Bertz CT molecular complexity index is 161. The molecule has 1 fully saturated rings. The number of likely N-dealkylation sites (tertiary alicyclic amines) is 1. The summed E-state index contributed by atoms with van der Waals surface area (Å²) in [5, 5.41) is 9.67. The van der Waals surface area contributed by atoms with Gasteiger partial charge in [-0.25, -0.2) is 0 Å². The average molecular weight is 201 g/mol. The van der Waals surface area contributed by atoms with Crippen LogP contribution in [0.25, 0.3) is 0 Å². The molecule has 0 aromatic carbocycles. The Hall–Kier alpha value is -0.120. The van der Waals surface area contributed by atoms with E-state index in [2.05, 4.69) is 11.8 Å². The topological polar surface area (TPSA) is 32.7 Å². The zero-order chi connectivity index (χ0) is 10.6. The molecule has 0 saturated carbocycles. The van der Waals surface area contributed by atoms with E-state index in [0.29, 0.717) is 12.0 Å². The molecule has 0 aromatic rings. The largest absolute Gasteiger partial charge is 0.392 e. The van der Waals surface area contributed by atoms with E-state index in [4.69, 9.17) is 4.74 Å². The first-order chi connectivity index (χ1) is 6.59. The molecule has 1 aliphatic heterocycles. The van der Waals surface area contributed by atoms with Gasteiger partial charge in [0.2, 0.25) is 0 Å². The molecule has 0 bridgehead atoms. The lowest BCUT2D eigenvalue weighted by atomic mass is 9.96. The minimum Gasteiger partial charge on any atom is -0.392 e. The number of β-amino-alcohol motifs (C(OH)–C–C–N with tert-alkyl or cyclic N) is 1. The highest BCUT2D eigenvalue weighted by Crippen LogP contribution is 2.16. The van der Waals surface area contributed by atoms with E-state index in [-0.39, 0.29) is 6.10 Å². The number of hydrogen-bond donors (Lipinski definition) is 1. The van der Waals surface area contributed by atoms with E-state index in [0.717, 1.165) is 32.7 Å². The van der Waals surface area contributed by atoms with Gasteiger partial charge >= 0.3 is 0 Å². The maximum Gasteiger partial charge on any atom is 0.0693 e. The van der Waals surface area contributed by atoms with Crippen molar-refractivity contribution in [1.82, 2.24) is 4.90 Å². The van der Waals surface area contributed by atoms with E-state index < -0.39 is 0 Å². The molecule has 0 aliphatic carbocycles. The summed E-state index contributed by atoms with van der Waals surface area (Å²) in [6, 6.07) is 0. The summed E-state index contributed by atoms with van der Waals surface area (Å²) in [5.41, 5.74) is 0. The molecule has 1 N–H and O–H groups in total. The van der Waals surface area contributed by atoms with Crippen LogP contribution in [0.4, 0.5) is 0 Å². The Morgan fingerprint density at radius 2 is 2.21 bits per heavy atom. The van der Waals surface area contributed by atoms with Gasteiger partial charge in [0.15, 0.2) is 0 Å². The zero-order valence-corrected chi connectivity index (χ0v) is 9.57. The SMILES string of the molecule is CC(C)OCCN1CCC(C)C(O)C1. The fourth-order valence-corrected chi connectivity index (χ4v) is 1.73. The molecule has 0 amide bonds. The first-order valence-electron chi connectivity index (χ1n) is 5.61. The van der Waals surface area contributed by atoms with Gasteiger partial charge in [0.05, 0.1) is 18.8 Å². The van der Waals surface area contributed by atoms with Crippen LogP contribution in [0, 0.1) is 5.92 Å². The Kier molecular flexibility index (Phi) is 4.85. The van der Waals surface area contributed by atoms with Crippen LogP contribution in [-0.2, 0) is 4.74 Å². The number of piperidine rings is 1. The standard InChI is InChI=1S/C11H23NO2/c1-9(2)14-7-6-12-5-4-10(3)11(13)8-12/h9-11,13H,4-8H2,1-3H3. The molecule has 0 radical (unpaired) electrons. The summed E-state index contributed by atoms with van der Waals surface area (Å²) in [7, 11) is 0. The van der Waals surface area contributed by atoms with Gasteiger partial charge in [-0.15, -0.1) is 0 Å². The Morgan fingerprint density at radius 3 is 2.79 bits per heavy atom. The highest BCUT2D eigenvalue weighted by Gasteiger charge is 2.23. The quantitative estimate of drug-likeness (QED) is 0.739. The zero-order valence-electron chi connectivity index (χ0n) is 9.57. The van der Waals surface area contributed by atoms with Gasteiger partial charge in [-0.1, -0.05) is 6.92 Å². The van der Waals surface area contributed by atoms with E-state index in [9.17, 15) is 5.11 Å². The summed E-state index contributed by atoms with van der Waals surface area (Å²) in [5.74, 6) is 0.456. The number of aliphatic hydroxyl groups excluding tert-OH is 1. The molecule has 1 aliphatic rings. The van der Waals surface area contributed by atoms with Crippen LogP contribution in [0.1, 0.15) is 27.2 Å². The molecule has 84 valence electrons.